The fourth-order valence-corrected chi connectivity index (χ4v) is 12.4. The molecule has 0 bridgehead atoms. The first kappa shape index (κ1) is 20.4. The Balaban J connectivity index is 1.47. The van der Waals surface area contributed by atoms with E-state index in [4.69, 9.17) is 0 Å². The summed E-state index contributed by atoms with van der Waals surface area (Å²) in [6, 6.07) is 17.9. The lowest BCUT2D eigenvalue weighted by Crippen LogP contribution is -2.54. The zero-order chi connectivity index (χ0) is 21.7. The van der Waals surface area contributed by atoms with Crippen LogP contribution in [-0.4, -0.2) is 8.24 Å². The third kappa shape index (κ3) is 3.20. The molecule has 2 aromatic carbocycles. The van der Waals surface area contributed by atoms with Gasteiger partial charge in [0.05, 0.1) is 22.7 Å². The first-order valence-electron chi connectivity index (χ1n) is 12.7. The standard InChI is InChI=1S/C29H36N2Si/c1-32(2,31-27-18-10-8-16-25(27)30-26-17-9-11-19-28(26)31)29-23-15-7-6-14-22(23)20-24(29)21-12-4-3-5-13-21/h6-11,14-19,21-24,29-30H,3-5,12-13,20H2,1-2H3/t22-,23-,24-,29?/m0/s1. The van der Waals surface area contributed by atoms with Crippen molar-refractivity contribution >= 4 is 31.0 Å². The highest BCUT2D eigenvalue weighted by Crippen LogP contribution is 2.60. The SMILES string of the molecule is C[Si](C)(C1[C@H](C2CCCCC2)C[C@@H]2C=CC=C[C@H]12)N1c2ccccc2Nc2ccccc21. The normalized spacial score (nSPS) is 29.2. The van der Waals surface area contributed by atoms with Crippen molar-refractivity contribution in [2.45, 2.75) is 57.2 Å². The molecule has 1 heterocycles. The molecule has 2 saturated carbocycles. The van der Waals surface area contributed by atoms with Gasteiger partial charge in [0.1, 0.15) is 0 Å². The number of nitrogens with one attached hydrogen (secondary N) is 1. The summed E-state index contributed by atoms with van der Waals surface area (Å²) in [5, 5.41) is 3.72. The van der Waals surface area contributed by atoms with Crippen LogP contribution < -0.4 is 9.88 Å². The van der Waals surface area contributed by atoms with E-state index in [1.165, 1.54) is 61.3 Å². The molecule has 2 aromatic rings. The predicted molar refractivity (Wildman–Crippen MR) is 139 cm³/mol. The lowest BCUT2D eigenvalue weighted by molar-refractivity contribution is 0.244. The molecule has 4 atom stereocenters. The molecule has 1 N–H and O–H groups in total. The average molecular weight is 441 g/mol. The maximum Gasteiger partial charge on any atom is 0.160 e. The summed E-state index contributed by atoms with van der Waals surface area (Å²) >= 11 is 0. The first-order valence-corrected chi connectivity index (χ1v) is 15.8. The van der Waals surface area contributed by atoms with E-state index in [1.807, 2.05) is 0 Å². The lowest BCUT2D eigenvalue weighted by atomic mass is 9.78. The van der Waals surface area contributed by atoms with Crippen LogP contribution in [0.3, 0.4) is 0 Å². The van der Waals surface area contributed by atoms with E-state index in [9.17, 15) is 0 Å². The third-order valence-electron chi connectivity index (χ3n) is 8.92. The van der Waals surface area contributed by atoms with Crippen LogP contribution in [0, 0.1) is 23.7 Å². The number of para-hydroxylation sites is 4. The zero-order valence-electron chi connectivity index (χ0n) is 19.5. The van der Waals surface area contributed by atoms with Crippen molar-refractivity contribution in [2.24, 2.45) is 23.7 Å². The molecule has 0 spiro atoms. The van der Waals surface area contributed by atoms with E-state index in [0.29, 0.717) is 5.92 Å². The van der Waals surface area contributed by atoms with Crippen molar-refractivity contribution in [1.82, 2.24) is 0 Å². The van der Waals surface area contributed by atoms with Gasteiger partial charge in [-0.1, -0.05) is 93.8 Å². The number of rotatable bonds is 3. The van der Waals surface area contributed by atoms with Gasteiger partial charge in [0.2, 0.25) is 0 Å². The molecule has 3 aliphatic carbocycles. The Hall–Kier alpha value is -2.26. The van der Waals surface area contributed by atoms with Crippen molar-refractivity contribution in [1.29, 1.82) is 0 Å². The van der Waals surface area contributed by atoms with Gasteiger partial charge >= 0.3 is 0 Å². The van der Waals surface area contributed by atoms with Gasteiger partial charge in [0, 0.05) is 0 Å². The molecule has 1 aliphatic heterocycles. The smallest absolute Gasteiger partial charge is 0.160 e. The number of anilines is 4. The molecular formula is C29H36N2Si. The van der Waals surface area contributed by atoms with Gasteiger partial charge in [-0.2, -0.15) is 0 Å². The summed E-state index contributed by atoms with van der Waals surface area (Å²) in [6.45, 7) is 5.34. The van der Waals surface area contributed by atoms with Crippen LogP contribution in [0.2, 0.25) is 18.6 Å². The second kappa shape index (κ2) is 7.95. The first-order chi connectivity index (χ1) is 15.6. The summed E-state index contributed by atoms with van der Waals surface area (Å²) in [6.07, 6.45) is 18.4. The van der Waals surface area contributed by atoms with E-state index in [1.54, 1.807) is 0 Å². The summed E-state index contributed by atoms with van der Waals surface area (Å²) in [5.74, 6) is 3.20. The molecule has 0 aromatic heterocycles. The van der Waals surface area contributed by atoms with Gasteiger partial charge in [0.25, 0.3) is 0 Å². The Morgan fingerprint density at radius 3 is 2.12 bits per heavy atom. The number of fused-ring (bicyclic) bond motifs is 3. The van der Waals surface area contributed by atoms with Crippen LogP contribution in [0.1, 0.15) is 38.5 Å². The van der Waals surface area contributed by atoms with Crippen molar-refractivity contribution in [3.8, 4) is 0 Å². The minimum Gasteiger partial charge on any atom is -0.366 e. The molecule has 6 rings (SSSR count). The van der Waals surface area contributed by atoms with E-state index in [-0.39, 0.29) is 0 Å². The number of benzene rings is 2. The Labute approximate surface area is 194 Å². The summed E-state index contributed by atoms with van der Waals surface area (Å²) in [5.41, 5.74) is 6.05. The van der Waals surface area contributed by atoms with Gasteiger partial charge in [-0.25, -0.2) is 0 Å². The van der Waals surface area contributed by atoms with Crippen LogP contribution in [-0.2, 0) is 0 Å². The van der Waals surface area contributed by atoms with E-state index >= 15 is 0 Å². The molecule has 166 valence electrons. The highest BCUT2D eigenvalue weighted by molar-refractivity contribution is 6.84. The second-order valence-electron chi connectivity index (χ2n) is 11.0. The molecule has 2 nitrogen and oxygen atoms in total. The molecular weight excluding hydrogens is 404 g/mol. The largest absolute Gasteiger partial charge is 0.366 e. The number of nitrogens with zero attached hydrogens (tertiary/aromatic N) is 1. The molecule has 3 heteroatoms. The van der Waals surface area contributed by atoms with Crippen molar-refractivity contribution in [3.05, 3.63) is 72.8 Å². The summed E-state index contributed by atoms with van der Waals surface area (Å²) < 4.78 is 2.82. The summed E-state index contributed by atoms with van der Waals surface area (Å²) in [4.78, 5) is 0. The van der Waals surface area contributed by atoms with Gasteiger partial charge < -0.3 is 9.88 Å². The van der Waals surface area contributed by atoms with Gasteiger partial charge in [-0.15, -0.1) is 0 Å². The van der Waals surface area contributed by atoms with Crippen LogP contribution in [0.25, 0.3) is 0 Å². The van der Waals surface area contributed by atoms with Crippen LogP contribution in [0.5, 0.6) is 0 Å². The predicted octanol–water partition coefficient (Wildman–Crippen LogP) is 8.42. The molecule has 1 unspecified atom stereocenters. The average Bonchev–Trinajstić information content (AvgIpc) is 3.23. The summed E-state index contributed by atoms with van der Waals surface area (Å²) in [7, 11) is -1.92. The second-order valence-corrected chi connectivity index (χ2v) is 15.4. The Morgan fingerprint density at radius 1 is 0.812 bits per heavy atom. The fourth-order valence-electron chi connectivity index (χ4n) is 7.67. The minimum absolute atomic E-state index is 0.697. The number of hydrogen-bond donors (Lipinski definition) is 1. The van der Waals surface area contributed by atoms with Crippen molar-refractivity contribution in [2.75, 3.05) is 9.88 Å². The minimum atomic E-state index is -1.92. The van der Waals surface area contributed by atoms with Gasteiger partial charge in [0.15, 0.2) is 8.24 Å². The highest BCUT2D eigenvalue weighted by atomic mass is 28.3. The van der Waals surface area contributed by atoms with E-state index in [0.717, 1.165) is 23.3 Å². The number of hydrogen-bond acceptors (Lipinski definition) is 2. The topological polar surface area (TPSA) is 15.3 Å². The van der Waals surface area contributed by atoms with Crippen molar-refractivity contribution < 1.29 is 0 Å². The molecule has 4 aliphatic rings. The molecule has 0 saturated heterocycles. The monoisotopic (exact) mass is 440 g/mol. The lowest BCUT2D eigenvalue weighted by Gasteiger charge is -2.50. The van der Waals surface area contributed by atoms with Crippen LogP contribution in [0.4, 0.5) is 22.7 Å². The maximum atomic E-state index is 3.72. The third-order valence-corrected chi connectivity index (χ3v) is 13.0. The molecule has 32 heavy (non-hydrogen) atoms. The van der Waals surface area contributed by atoms with E-state index in [2.05, 4.69) is 95.8 Å². The fraction of sp³-hybridized carbons (Fsp3) is 0.448. The molecule has 0 amide bonds. The van der Waals surface area contributed by atoms with Crippen LogP contribution in [0.15, 0.2) is 72.8 Å². The molecule has 0 radical (unpaired) electrons. The quantitative estimate of drug-likeness (QED) is 0.482. The van der Waals surface area contributed by atoms with E-state index < -0.39 is 8.24 Å². The Kier molecular flexibility index (Phi) is 5.06. The Morgan fingerprint density at radius 2 is 1.44 bits per heavy atom. The van der Waals surface area contributed by atoms with Crippen molar-refractivity contribution in [3.63, 3.8) is 0 Å². The number of allylic oxidation sites excluding steroid dienone is 4. The maximum absolute atomic E-state index is 3.72. The Bertz CT molecular complexity index is 1000. The zero-order valence-corrected chi connectivity index (χ0v) is 20.5. The van der Waals surface area contributed by atoms with Crippen LogP contribution >= 0.6 is 0 Å². The van der Waals surface area contributed by atoms with Gasteiger partial charge in [-0.05, 0) is 59.9 Å². The highest BCUT2D eigenvalue weighted by Gasteiger charge is 2.55. The van der Waals surface area contributed by atoms with Gasteiger partial charge in [-0.3, -0.25) is 0 Å². The molecule has 2 fully saturated rings.